The van der Waals surface area contributed by atoms with Gasteiger partial charge in [-0.3, -0.25) is 5.10 Å². The lowest BCUT2D eigenvalue weighted by Crippen LogP contribution is -2.06. The van der Waals surface area contributed by atoms with E-state index in [0.29, 0.717) is 5.89 Å². The summed E-state index contributed by atoms with van der Waals surface area (Å²) < 4.78 is 10.6. The van der Waals surface area contributed by atoms with Crippen LogP contribution in [0.4, 0.5) is 0 Å². The molecule has 0 unspecified atom stereocenters. The van der Waals surface area contributed by atoms with Gasteiger partial charge in [0.15, 0.2) is 12.3 Å². The number of nitrogens with one attached hydrogen (secondary N) is 1. The van der Waals surface area contributed by atoms with Crippen molar-refractivity contribution in [2.75, 3.05) is 0 Å². The lowest BCUT2D eigenvalue weighted by Gasteiger charge is -2.00. The summed E-state index contributed by atoms with van der Waals surface area (Å²) in [5.41, 5.74) is 2.92. The highest BCUT2D eigenvalue weighted by atomic mass is 16.5. The third-order valence-corrected chi connectivity index (χ3v) is 3.31. The van der Waals surface area contributed by atoms with Gasteiger partial charge in [0.1, 0.15) is 5.76 Å². The molecule has 2 heterocycles. The van der Waals surface area contributed by atoms with E-state index in [1.165, 1.54) is 0 Å². The van der Waals surface area contributed by atoms with Gasteiger partial charge < -0.3 is 9.15 Å². The first-order valence-corrected chi connectivity index (χ1v) is 6.59. The minimum Gasteiger partial charge on any atom is -0.451 e. The average molecular weight is 285 g/mol. The number of fused-ring (bicyclic) bond motifs is 1. The Bertz CT molecular complexity index is 797. The van der Waals surface area contributed by atoms with E-state index in [4.69, 9.17) is 9.15 Å². The van der Waals surface area contributed by atoms with Crippen molar-refractivity contribution in [1.29, 1.82) is 0 Å². The van der Waals surface area contributed by atoms with Crippen molar-refractivity contribution < 1.29 is 13.9 Å². The Hall–Kier alpha value is -2.63. The molecule has 108 valence electrons. The molecule has 2 aromatic heterocycles. The summed E-state index contributed by atoms with van der Waals surface area (Å²) in [6.45, 7) is 5.61. The summed E-state index contributed by atoms with van der Waals surface area (Å²) in [6, 6.07) is 5.73. The van der Waals surface area contributed by atoms with E-state index in [0.717, 1.165) is 27.9 Å². The fraction of sp³-hybridized carbons (Fsp3) is 0.267. The summed E-state index contributed by atoms with van der Waals surface area (Å²) in [6.07, 6.45) is 0. The van der Waals surface area contributed by atoms with Gasteiger partial charge in [0.25, 0.3) is 0 Å². The van der Waals surface area contributed by atoms with Crippen LogP contribution < -0.4 is 0 Å². The number of aromatic nitrogens is 3. The van der Waals surface area contributed by atoms with Crippen LogP contribution in [0.5, 0.6) is 0 Å². The fourth-order valence-electron chi connectivity index (χ4n) is 2.08. The van der Waals surface area contributed by atoms with E-state index in [-0.39, 0.29) is 12.3 Å². The van der Waals surface area contributed by atoms with Crippen LogP contribution in [0.15, 0.2) is 22.6 Å². The number of esters is 1. The van der Waals surface area contributed by atoms with Crippen LogP contribution in [0.1, 0.15) is 33.4 Å². The molecular formula is C15H15N3O3. The molecule has 0 aliphatic rings. The molecule has 3 aromatic rings. The number of oxazole rings is 1. The summed E-state index contributed by atoms with van der Waals surface area (Å²) >= 11 is 0. The molecule has 0 saturated carbocycles. The van der Waals surface area contributed by atoms with Gasteiger partial charge in [-0.2, -0.15) is 5.10 Å². The molecule has 6 nitrogen and oxygen atoms in total. The summed E-state index contributed by atoms with van der Waals surface area (Å²) in [7, 11) is 0. The van der Waals surface area contributed by atoms with Gasteiger partial charge in [-0.05, 0) is 32.9 Å². The molecule has 0 fully saturated rings. The molecular weight excluding hydrogens is 270 g/mol. The number of hydrogen-bond donors (Lipinski definition) is 1. The number of H-pyrrole nitrogens is 1. The van der Waals surface area contributed by atoms with Crippen molar-refractivity contribution >= 4 is 16.9 Å². The minimum atomic E-state index is -0.500. The standard InChI is InChI=1S/C15H15N3O3/c1-8-4-5-12-11(6-8)14(18-17-12)15(19)20-7-13-16-9(2)10(3)21-13/h4-6H,7H2,1-3H3,(H,17,18). The second-order valence-electron chi connectivity index (χ2n) is 4.95. The van der Waals surface area contributed by atoms with Crippen molar-refractivity contribution in [3.8, 4) is 0 Å². The van der Waals surface area contributed by atoms with Crippen LogP contribution in [0, 0.1) is 20.8 Å². The molecule has 6 heteroatoms. The molecule has 0 amide bonds. The van der Waals surface area contributed by atoms with Gasteiger partial charge in [0.2, 0.25) is 5.89 Å². The number of carbonyl (C=O) groups is 1. The van der Waals surface area contributed by atoms with Gasteiger partial charge in [-0.1, -0.05) is 11.6 Å². The second-order valence-corrected chi connectivity index (χ2v) is 4.95. The molecule has 0 aliphatic carbocycles. The Morgan fingerprint density at radius 3 is 2.86 bits per heavy atom. The van der Waals surface area contributed by atoms with Gasteiger partial charge in [0, 0.05) is 5.39 Å². The van der Waals surface area contributed by atoms with E-state index in [9.17, 15) is 4.79 Å². The summed E-state index contributed by atoms with van der Waals surface area (Å²) in [5.74, 6) is 0.608. The maximum Gasteiger partial charge on any atom is 0.359 e. The van der Waals surface area contributed by atoms with Crippen LogP contribution in [-0.2, 0) is 11.3 Å². The second kappa shape index (κ2) is 5.05. The first-order chi connectivity index (χ1) is 10.0. The number of rotatable bonds is 3. The number of aromatic amines is 1. The van der Waals surface area contributed by atoms with E-state index in [1.807, 2.05) is 39.0 Å². The van der Waals surface area contributed by atoms with Crippen molar-refractivity contribution in [3.05, 3.63) is 46.8 Å². The molecule has 1 aromatic carbocycles. The van der Waals surface area contributed by atoms with Crippen LogP contribution in [0.3, 0.4) is 0 Å². The van der Waals surface area contributed by atoms with Crippen LogP contribution in [0.2, 0.25) is 0 Å². The number of ether oxygens (including phenoxy) is 1. The average Bonchev–Trinajstić information content (AvgIpc) is 3.00. The Balaban J connectivity index is 1.79. The van der Waals surface area contributed by atoms with Gasteiger partial charge in [-0.15, -0.1) is 0 Å². The molecule has 0 bridgehead atoms. The first-order valence-electron chi connectivity index (χ1n) is 6.59. The molecule has 0 atom stereocenters. The van der Waals surface area contributed by atoms with Gasteiger partial charge >= 0.3 is 5.97 Å². The number of aryl methyl sites for hydroxylation is 3. The SMILES string of the molecule is Cc1ccc2[nH]nc(C(=O)OCc3nc(C)c(C)o3)c2c1. The van der Waals surface area contributed by atoms with Crippen molar-refractivity contribution in [1.82, 2.24) is 15.2 Å². The van der Waals surface area contributed by atoms with Crippen LogP contribution in [-0.4, -0.2) is 21.2 Å². The highest BCUT2D eigenvalue weighted by Gasteiger charge is 2.17. The topological polar surface area (TPSA) is 81.0 Å². The van der Waals surface area contributed by atoms with Crippen LogP contribution >= 0.6 is 0 Å². The molecule has 3 rings (SSSR count). The van der Waals surface area contributed by atoms with E-state index < -0.39 is 5.97 Å². The molecule has 0 spiro atoms. The fourth-order valence-corrected chi connectivity index (χ4v) is 2.08. The van der Waals surface area contributed by atoms with Crippen molar-refractivity contribution in [3.63, 3.8) is 0 Å². The predicted molar refractivity (Wildman–Crippen MR) is 75.9 cm³/mol. The summed E-state index contributed by atoms with van der Waals surface area (Å²) in [4.78, 5) is 16.3. The highest BCUT2D eigenvalue weighted by Crippen LogP contribution is 2.19. The van der Waals surface area contributed by atoms with Crippen molar-refractivity contribution in [2.24, 2.45) is 0 Å². The number of hydrogen-bond acceptors (Lipinski definition) is 5. The minimum absolute atomic E-state index is 0.00627. The molecule has 1 N–H and O–H groups in total. The largest absolute Gasteiger partial charge is 0.451 e. The number of nitrogens with zero attached hydrogens (tertiary/aromatic N) is 2. The maximum atomic E-state index is 12.1. The zero-order chi connectivity index (χ0) is 15.0. The number of benzene rings is 1. The third kappa shape index (κ3) is 2.52. The molecule has 21 heavy (non-hydrogen) atoms. The molecule has 0 saturated heterocycles. The Labute approximate surface area is 121 Å². The van der Waals surface area contributed by atoms with E-state index >= 15 is 0 Å². The first kappa shape index (κ1) is 13.4. The smallest absolute Gasteiger partial charge is 0.359 e. The third-order valence-electron chi connectivity index (χ3n) is 3.31. The van der Waals surface area contributed by atoms with Crippen LogP contribution in [0.25, 0.3) is 10.9 Å². The quantitative estimate of drug-likeness (QED) is 0.748. The van der Waals surface area contributed by atoms with E-state index in [2.05, 4.69) is 15.2 Å². The van der Waals surface area contributed by atoms with Crippen molar-refractivity contribution in [2.45, 2.75) is 27.4 Å². The van der Waals surface area contributed by atoms with Gasteiger partial charge in [-0.25, -0.2) is 9.78 Å². The predicted octanol–water partition coefficient (Wildman–Crippen LogP) is 2.83. The van der Waals surface area contributed by atoms with Gasteiger partial charge in [0.05, 0.1) is 11.2 Å². The monoisotopic (exact) mass is 285 g/mol. The highest BCUT2D eigenvalue weighted by molar-refractivity contribution is 6.02. The lowest BCUT2D eigenvalue weighted by molar-refractivity contribution is 0.0432. The normalized spacial score (nSPS) is 11.0. The Kier molecular flexibility index (Phi) is 3.21. The van der Waals surface area contributed by atoms with E-state index in [1.54, 1.807) is 0 Å². The summed E-state index contributed by atoms with van der Waals surface area (Å²) in [5, 5.41) is 7.59. The lowest BCUT2D eigenvalue weighted by atomic mass is 10.1. The maximum absolute atomic E-state index is 12.1. The zero-order valence-corrected chi connectivity index (χ0v) is 12.1. The zero-order valence-electron chi connectivity index (χ0n) is 12.1. The molecule has 0 radical (unpaired) electrons. The molecule has 0 aliphatic heterocycles. The Morgan fingerprint density at radius 1 is 1.33 bits per heavy atom. The Morgan fingerprint density at radius 2 is 2.14 bits per heavy atom. The number of carbonyl (C=O) groups excluding carboxylic acids is 1.